The molecule has 0 amide bonds. The fraction of sp³-hybridized carbons (Fsp3) is 0.400. The number of nitrogens with one attached hydrogen (secondary N) is 2. The van der Waals surface area contributed by atoms with Gasteiger partial charge in [-0.15, -0.1) is 0 Å². The summed E-state index contributed by atoms with van der Waals surface area (Å²) in [6, 6.07) is 8.02. The van der Waals surface area contributed by atoms with Crippen LogP contribution in [0.1, 0.15) is 25.8 Å². The van der Waals surface area contributed by atoms with Crippen LogP contribution >= 0.6 is 0 Å². The molecule has 9 heteroatoms. The van der Waals surface area contributed by atoms with Gasteiger partial charge in [-0.3, -0.25) is 4.98 Å². The number of ether oxygens (including phenoxy) is 1. The largest absolute Gasteiger partial charge is 0.453 e. The predicted molar refractivity (Wildman–Crippen MR) is 112 cm³/mol. The topological polar surface area (TPSA) is 92.7 Å². The minimum absolute atomic E-state index is 0.0745. The molecule has 2 rings (SSSR count). The number of benzene rings is 1. The first-order valence-corrected chi connectivity index (χ1v) is 11.4. The first-order valence-electron chi connectivity index (χ1n) is 9.35. The van der Waals surface area contributed by atoms with E-state index in [1.165, 1.54) is 18.5 Å². The van der Waals surface area contributed by atoms with Crippen LogP contribution in [0.2, 0.25) is 0 Å². The second kappa shape index (κ2) is 10.8. The number of pyridine rings is 1. The number of nitrogens with zero attached hydrogens (tertiary/aromatic N) is 2. The Hall–Kier alpha value is -2.68. The number of halogens is 1. The lowest BCUT2D eigenvalue weighted by atomic mass is 10.2. The Balaban J connectivity index is 2.00. The molecule has 7 nitrogen and oxygen atoms in total. The number of aliphatic imine (C=N–C) groups is 1. The number of hydrogen-bond donors (Lipinski definition) is 2. The van der Waals surface area contributed by atoms with Crippen LogP contribution in [-0.4, -0.2) is 44.0 Å². The van der Waals surface area contributed by atoms with E-state index in [2.05, 4.69) is 20.6 Å². The van der Waals surface area contributed by atoms with Gasteiger partial charge in [-0.25, -0.2) is 17.8 Å². The highest BCUT2D eigenvalue weighted by Crippen LogP contribution is 2.24. The normalized spacial score (nSPS) is 13.0. The molecule has 158 valence electrons. The second-order valence-corrected chi connectivity index (χ2v) is 8.97. The van der Waals surface area contributed by atoms with E-state index in [-0.39, 0.29) is 24.1 Å². The van der Waals surface area contributed by atoms with Gasteiger partial charge in [-0.05, 0) is 50.1 Å². The van der Waals surface area contributed by atoms with E-state index in [0.717, 1.165) is 0 Å². The first-order chi connectivity index (χ1) is 13.8. The van der Waals surface area contributed by atoms with Crippen LogP contribution in [0.25, 0.3) is 0 Å². The Morgan fingerprint density at radius 3 is 2.76 bits per heavy atom. The smallest absolute Gasteiger partial charge is 0.191 e. The van der Waals surface area contributed by atoms with E-state index < -0.39 is 15.7 Å². The minimum atomic E-state index is -3.01. The summed E-state index contributed by atoms with van der Waals surface area (Å²) in [6.07, 6.45) is 4.81. The van der Waals surface area contributed by atoms with Crippen molar-refractivity contribution >= 4 is 15.8 Å². The van der Waals surface area contributed by atoms with Gasteiger partial charge in [0, 0.05) is 25.0 Å². The number of rotatable bonds is 9. The van der Waals surface area contributed by atoms with Gasteiger partial charge in [0.2, 0.25) is 0 Å². The van der Waals surface area contributed by atoms with Crippen molar-refractivity contribution in [3.8, 4) is 11.5 Å². The van der Waals surface area contributed by atoms with Crippen molar-refractivity contribution in [1.82, 2.24) is 15.6 Å². The van der Waals surface area contributed by atoms with Crippen molar-refractivity contribution in [3.05, 3.63) is 54.1 Å². The Morgan fingerprint density at radius 2 is 2.14 bits per heavy atom. The lowest BCUT2D eigenvalue weighted by Gasteiger charge is -2.17. The first kappa shape index (κ1) is 22.6. The van der Waals surface area contributed by atoms with Crippen LogP contribution in [0.3, 0.4) is 0 Å². The molecule has 0 aliphatic heterocycles. The number of guanidine groups is 1. The molecule has 0 bridgehead atoms. The third-order valence-electron chi connectivity index (χ3n) is 3.93. The Labute approximate surface area is 171 Å². The monoisotopic (exact) mass is 422 g/mol. The molecule has 1 atom stereocenters. The van der Waals surface area contributed by atoms with Gasteiger partial charge >= 0.3 is 0 Å². The van der Waals surface area contributed by atoms with E-state index >= 15 is 0 Å². The van der Waals surface area contributed by atoms with Crippen LogP contribution in [0.5, 0.6) is 11.5 Å². The zero-order valence-corrected chi connectivity index (χ0v) is 17.7. The maximum atomic E-state index is 14.3. The van der Waals surface area contributed by atoms with Gasteiger partial charge in [-0.2, -0.15) is 0 Å². The summed E-state index contributed by atoms with van der Waals surface area (Å²) in [5, 5.41) is 6.27. The Bertz CT molecular complexity index is 921. The summed E-state index contributed by atoms with van der Waals surface area (Å²) in [5.41, 5.74) is 0.682. The number of aromatic nitrogens is 1. The summed E-state index contributed by atoms with van der Waals surface area (Å²) in [5.74, 6) is 0.735. The van der Waals surface area contributed by atoms with Crippen molar-refractivity contribution in [2.75, 3.05) is 18.6 Å². The Morgan fingerprint density at radius 1 is 1.34 bits per heavy atom. The standard InChI is InChI=1S/C20H27FN4O3S/c1-4-23-20(25-15(2)9-11-29(3,26)27)24-13-16-7-8-19(18(21)12-16)28-17-6-5-10-22-14-17/h5-8,10,12,14-15H,4,9,11,13H2,1-3H3,(H2,23,24,25). The van der Waals surface area contributed by atoms with E-state index in [1.54, 1.807) is 30.5 Å². The van der Waals surface area contributed by atoms with Gasteiger partial charge in [-0.1, -0.05) is 6.07 Å². The van der Waals surface area contributed by atoms with Gasteiger partial charge in [0.25, 0.3) is 0 Å². The van der Waals surface area contributed by atoms with Crippen LogP contribution in [0.4, 0.5) is 4.39 Å². The lowest BCUT2D eigenvalue weighted by Crippen LogP contribution is -2.42. The summed E-state index contributed by atoms with van der Waals surface area (Å²) >= 11 is 0. The van der Waals surface area contributed by atoms with Crippen molar-refractivity contribution in [3.63, 3.8) is 0 Å². The van der Waals surface area contributed by atoms with E-state index in [1.807, 2.05) is 13.8 Å². The second-order valence-electron chi connectivity index (χ2n) is 6.71. The molecular formula is C20H27FN4O3S. The molecule has 0 saturated heterocycles. The van der Waals surface area contributed by atoms with E-state index in [9.17, 15) is 12.8 Å². The zero-order chi connectivity index (χ0) is 21.3. The molecule has 2 aromatic rings. The molecule has 1 heterocycles. The third kappa shape index (κ3) is 8.47. The maximum Gasteiger partial charge on any atom is 0.191 e. The van der Waals surface area contributed by atoms with Crippen molar-refractivity contribution in [2.24, 2.45) is 4.99 Å². The van der Waals surface area contributed by atoms with Gasteiger partial charge < -0.3 is 15.4 Å². The predicted octanol–water partition coefficient (Wildman–Crippen LogP) is 2.89. The molecule has 1 unspecified atom stereocenters. The van der Waals surface area contributed by atoms with Crippen LogP contribution in [-0.2, 0) is 16.4 Å². The summed E-state index contributed by atoms with van der Waals surface area (Å²) in [7, 11) is -3.01. The molecule has 0 fully saturated rings. The molecular weight excluding hydrogens is 395 g/mol. The molecule has 0 aliphatic rings. The van der Waals surface area contributed by atoms with Gasteiger partial charge in [0.05, 0.1) is 18.5 Å². The van der Waals surface area contributed by atoms with E-state index in [0.29, 0.717) is 30.2 Å². The summed E-state index contributed by atoms with van der Waals surface area (Å²) in [6.45, 7) is 4.74. The highest BCUT2D eigenvalue weighted by molar-refractivity contribution is 7.90. The Kier molecular flexibility index (Phi) is 8.38. The van der Waals surface area contributed by atoms with Crippen molar-refractivity contribution in [2.45, 2.75) is 32.9 Å². The highest BCUT2D eigenvalue weighted by Gasteiger charge is 2.10. The molecule has 2 N–H and O–H groups in total. The molecule has 1 aromatic heterocycles. The van der Waals surface area contributed by atoms with Crippen molar-refractivity contribution in [1.29, 1.82) is 0 Å². The number of sulfone groups is 1. The SMILES string of the molecule is CCNC(=NCc1ccc(Oc2cccnc2)c(F)c1)NC(C)CCS(C)(=O)=O. The molecule has 0 aliphatic carbocycles. The lowest BCUT2D eigenvalue weighted by molar-refractivity contribution is 0.440. The summed E-state index contributed by atoms with van der Waals surface area (Å²) in [4.78, 5) is 8.38. The molecule has 1 aromatic carbocycles. The van der Waals surface area contributed by atoms with Crippen molar-refractivity contribution < 1.29 is 17.5 Å². The third-order valence-corrected chi connectivity index (χ3v) is 4.90. The highest BCUT2D eigenvalue weighted by atomic mass is 32.2. The average Bonchev–Trinajstić information content (AvgIpc) is 2.67. The molecule has 0 saturated carbocycles. The average molecular weight is 423 g/mol. The van der Waals surface area contributed by atoms with Crippen LogP contribution in [0, 0.1) is 5.82 Å². The van der Waals surface area contributed by atoms with Gasteiger partial charge in [0.15, 0.2) is 17.5 Å². The summed E-state index contributed by atoms with van der Waals surface area (Å²) < 4.78 is 42.5. The molecule has 0 spiro atoms. The fourth-order valence-corrected chi connectivity index (χ4v) is 3.23. The molecule has 29 heavy (non-hydrogen) atoms. The zero-order valence-electron chi connectivity index (χ0n) is 16.9. The quantitative estimate of drug-likeness (QED) is 0.477. The van der Waals surface area contributed by atoms with E-state index in [4.69, 9.17) is 4.74 Å². The number of hydrogen-bond acceptors (Lipinski definition) is 5. The van der Waals surface area contributed by atoms with Crippen LogP contribution < -0.4 is 15.4 Å². The fourth-order valence-electron chi connectivity index (χ4n) is 2.45. The van der Waals surface area contributed by atoms with Gasteiger partial charge in [0.1, 0.15) is 15.6 Å². The minimum Gasteiger partial charge on any atom is -0.453 e. The molecule has 0 radical (unpaired) electrons. The maximum absolute atomic E-state index is 14.3. The van der Waals surface area contributed by atoms with Crippen LogP contribution in [0.15, 0.2) is 47.7 Å².